The molecule has 1 rings (SSSR count). The predicted molar refractivity (Wildman–Crippen MR) is 66.0 cm³/mol. The Hall–Kier alpha value is -1.46. The fourth-order valence-corrected chi connectivity index (χ4v) is 2.31. The Labute approximate surface area is 106 Å². The average molecular weight is 269 g/mol. The van der Waals surface area contributed by atoms with Crippen LogP contribution in [0.15, 0.2) is 29.2 Å². The molecule has 0 aliphatic heterocycles. The van der Waals surface area contributed by atoms with Gasteiger partial charge in [0.15, 0.2) is 0 Å². The van der Waals surface area contributed by atoms with E-state index >= 15 is 0 Å². The summed E-state index contributed by atoms with van der Waals surface area (Å²) in [5.41, 5.74) is 5.79. The molecule has 0 spiro atoms. The average Bonchev–Trinajstić information content (AvgIpc) is 2.36. The van der Waals surface area contributed by atoms with Crippen molar-refractivity contribution in [3.8, 4) is 6.07 Å². The third-order valence-electron chi connectivity index (χ3n) is 2.40. The third kappa shape index (κ3) is 3.78. The minimum absolute atomic E-state index is 0.000608. The second kappa shape index (κ2) is 5.93. The molecule has 0 fully saturated rings. The summed E-state index contributed by atoms with van der Waals surface area (Å²) in [5.74, 6) is 0. The zero-order valence-electron chi connectivity index (χ0n) is 9.87. The molecule has 0 bridgehead atoms. The van der Waals surface area contributed by atoms with E-state index in [1.807, 2.05) is 6.07 Å². The van der Waals surface area contributed by atoms with Gasteiger partial charge in [-0.05, 0) is 25.1 Å². The van der Waals surface area contributed by atoms with Crippen LogP contribution in [0.4, 0.5) is 0 Å². The minimum Gasteiger partial charge on any atom is -0.392 e. The van der Waals surface area contributed by atoms with Crippen LogP contribution in [0.25, 0.3) is 0 Å². The summed E-state index contributed by atoms with van der Waals surface area (Å²) in [4.78, 5) is -0.000608. The number of nitriles is 1. The standard InChI is InChI=1S/C11H15N3O3S/c1-8(15)11(13)7-14-18(16,17)10-4-2-3-9(5-10)6-12/h2-5,8,11,14-15H,7,13H2,1H3. The molecule has 0 amide bonds. The van der Waals surface area contributed by atoms with Crippen LogP contribution in [0.1, 0.15) is 12.5 Å². The number of benzene rings is 1. The maximum atomic E-state index is 11.9. The zero-order chi connectivity index (χ0) is 13.8. The van der Waals surface area contributed by atoms with Gasteiger partial charge in [0, 0.05) is 12.6 Å². The van der Waals surface area contributed by atoms with Gasteiger partial charge in [0.05, 0.1) is 22.6 Å². The SMILES string of the molecule is CC(O)C(N)CNS(=O)(=O)c1cccc(C#N)c1. The van der Waals surface area contributed by atoms with Crippen LogP contribution in [-0.2, 0) is 10.0 Å². The lowest BCUT2D eigenvalue weighted by Gasteiger charge is -2.15. The molecule has 2 unspecified atom stereocenters. The quantitative estimate of drug-likeness (QED) is 0.669. The second-order valence-electron chi connectivity index (χ2n) is 3.90. The van der Waals surface area contributed by atoms with Crippen molar-refractivity contribution >= 4 is 10.0 Å². The van der Waals surface area contributed by atoms with Crippen molar-refractivity contribution in [3.63, 3.8) is 0 Å². The lowest BCUT2D eigenvalue weighted by atomic mass is 10.2. The van der Waals surface area contributed by atoms with Crippen molar-refractivity contribution in [3.05, 3.63) is 29.8 Å². The molecule has 0 radical (unpaired) electrons. The number of nitrogens with two attached hydrogens (primary N) is 1. The van der Waals surface area contributed by atoms with Gasteiger partial charge >= 0.3 is 0 Å². The summed E-state index contributed by atoms with van der Waals surface area (Å²) in [6, 6.07) is 6.85. The van der Waals surface area contributed by atoms with E-state index in [0.29, 0.717) is 0 Å². The van der Waals surface area contributed by atoms with Crippen molar-refractivity contribution in [1.29, 1.82) is 5.26 Å². The number of hydrogen-bond donors (Lipinski definition) is 3. The highest BCUT2D eigenvalue weighted by atomic mass is 32.2. The largest absolute Gasteiger partial charge is 0.392 e. The van der Waals surface area contributed by atoms with E-state index < -0.39 is 22.2 Å². The van der Waals surface area contributed by atoms with E-state index in [1.165, 1.54) is 31.2 Å². The Bertz CT molecular complexity index is 549. The molecule has 18 heavy (non-hydrogen) atoms. The highest BCUT2D eigenvalue weighted by molar-refractivity contribution is 7.89. The molecular weight excluding hydrogens is 254 g/mol. The molecule has 7 heteroatoms. The maximum Gasteiger partial charge on any atom is 0.240 e. The summed E-state index contributed by atoms with van der Waals surface area (Å²) in [6.45, 7) is 1.41. The number of rotatable bonds is 5. The summed E-state index contributed by atoms with van der Waals surface area (Å²) in [7, 11) is -3.71. The molecule has 0 aliphatic rings. The monoisotopic (exact) mass is 269 g/mol. The topological polar surface area (TPSA) is 116 Å². The first kappa shape index (κ1) is 14.6. The van der Waals surface area contributed by atoms with Crippen LogP contribution >= 0.6 is 0 Å². The first-order valence-corrected chi connectivity index (χ1v) is 6.78. The van der Waals surface area contributed by atoms with E-state index in [1.54, 1.807) is 0 Å². The number of nitrogens with one attached hydrogen (secondary N) is 1. The molecule has 6 nitrogen and oxygen atoms in total. The fraction of sp³-hybridized carbons (Fsp3) is 0.364. The van der Waals surface area contributed by atoms with Gasteiger partial charge in [-0.1, -0.05) is 6.07 Å². The molecule has 0 saturated heterocycles. The summed E-state index contributed by atoms with van der Waals surface area (Å²) in [6.07, 6.45) is -0.807. The van der Waals surface area contributed by atoms with E-state index in [9.17, 15) is 8.42 Å². The van der Waals surface area contributed by atoms with Crippen LogP contribution in [-0.4, -0.2) is 32.2 Å². The van der Waals surface area contributed by atoms with Crippen molar-refractivity contribution in [2.75, 3.05) is 6.54 Å². The molecule has 0 heterocycles. The van der Waals surface area contributed by atoms with Crippen molar-refractivity contribution < 1.29 is 13.5 Å². The highest BCUT2D eigenvalue weighted by Crippen LogP contribution is 2.10. The first-order valence-electron chi connectivity index (χ1n) is 5.30. The zero-order valence-corrected chi connectivity index (χ0v) is 10.7. The Kier molecular flexibility index (Phi) is 4.81. The lowest BCUT2D eigenvalue weighted by Crippen LogP contribution is -2.43. The smallest absolute Gasteiger partial charge is 0.240 e. The van der Waals surface area contributed by atoms with Gasteiger partial charge in [0.25, 0.3) is 0 Å². The van der Waals surface area contributed by atoms with Crippen molar-refractivity contribution in [1.82, 2.24) is 4.72 Å². The predicted octanol–water partition coefficient (Wildman–Crippen LogP) is -0.455. The van der Waals surface area contributed by atoms with E-state index in [4.69, 9.17) is 16.1 Å². The van der Waals surface area contributed by atoms with Crippen molar-refractivity contribution in [2.24, 2.45) is 5.73 Å². The van der Waals surface area contributed by atoms with Gasteiger partial charge in [-0.2, -0.15) is 5.26 Å². The summed E-state index contributed by atoms with van der Waals surface area (Å²) >= 11 is 0. The van der Waals surface area contributed by atoms with Crippen molar-refractivity contribution in [2.45, 2.75) is 24.0 Å². The van der Waals surface area contributed by atoms with Gasteiger partial charge < -0.3 is 10.8 Å². The van der Waals surface area contributed by atoms with Crippen LogP contribution < -0.4 is 10.5 Å². The van der Waals surface area contributed by atoms with Gasteiger partial charge in [0.2, 0.25) is 10.0 Å². The molecule has 2 atom stereocenters. The van der Waals surface area contributed by atoms with Crippen LogP contribution in [0.2, 0.25) is 0 Å². The summed E-state index contributed by atoms with van der Waals surface area (Å²) < 4.78 is 26.0. The van der Waals surface area contributed by atoms with E-state index in [-0.39, 0.29) is 17.0 Å². The maximum absolute atomic E-state index is 11.9. The molecule has 0 saturated carbocycles. The second-order valence-corrected chi connectivity index (χ2v) is 5.66. The highest BCUT2D eigenvalue weighted by Gasteiger charge is 2.17. The minimum atomic E-state index is -3.71. The van der Waals surface area contributed by atoms with Gasteiger partial charge in [-0.3, -0.25) is 0 Å². The molecule has 1 aromatic rings. The molecule has 98 valence electrons. The molecule has 1 aromatic carbocycles. The molecule has 0 aromatic heterocycles. The number of nitrogens with zero attached hydrogens (tertiary/aromatic N) is 1. The Morgan fingerprint density at radius 3 is 2.78 bits per heavy atom. The first-order chi connectivity index (χ1) is 8.36. The van der Waals surface area contributed by atoms with Gasteiger partial charge in [0.1, 0.15) is 0 Å². The van der Waals surface area contributed by atoms with Crippen LogP contribution in [0.3, 0.4) is 0 Å². The number of sulfonamides is 1. The van der Waals surface area contributed by atoms with Gasteiger partial charge in [-0.25, -0.2) is 13.1 Å². The van der Waals surface area contributed by atoms with E-state index in [0.717, 1.165) is 0 Å². The molecular formula is C11H15N3O3S. The summed E-state index contributed by atoms with van der Waals surface area (Å²) in [5, 5.41) is 17.9. The van der Waals surface area contributed by atoms with E-state index in [2.05, 4.69) is 4.72 Å². The van der Waals surface area contributed by atoms with Crippen LogP contribution in [0, 0.1) is 11.3 Å². The number of aliphatic hydroxyl groups is 1. The lowest BCUT2D eigenvalue weighted by molar-refractivity contribution is 0.164. The molecule has 4 N–H and O–H groups in total. The third-order valence-corrected chi connectivity index (χ3v) is 3.82. The number of aliphatic hydroxyl groups excluding tert-OH is 1. The fourth-order valence-electron chi connectivity index (χ4n) is 1.19. The Morgan fingerprint density at radius 2 is 2.22 bits per heavy atom. The Morgan fingerprint density at radius 1 is 1.56 bits per heavy atom. The number of hydrogen-bond acceptors (Lipinski definition) is 5. The van der Waals surface area contributed by atoms with Gasteiger partial charge in [-0.15, -0.1) is 0 Å². The normalized spacial score (nSPS) is 14.8. The van der Waals surface area contributed by atoms with Crippen LogP contribution in [0.5, 0.6) is 0 Å². The Balaban J connectivity index is 2.84. The molecule has 0 aliphatic carbocycles.